The van der Waals surface area contributed by atoms with Crippen LogP contribution < -0.4 is 4.74 Å². The van der Waals surface area contributed by atoms with Gasteiger partial charge in [-0.05, 0) is 24.1 Å². The number of allylic oxidation sites excluding steroid dienone is 1. The summed E-state index contributed by atoms with van der Waals surface area (Å²) in [5.74, 6) is 0.680. The van der Waals surface area contributed by atoms with E-state index in [2.05, 4.69) is 10.7 Å². The summed E-state index contributed by atoms with van der Waals surface area (Å²) in [6.07, 6.45) is 2.60. The second-order valence-electron chi connectivity index (χ2n) is 2.91. The van der Waals surface area contributed by atoms with Crippen molar-refractivity contribution >= 4 is 21.0 Å². The van der Waals surface area contributed by atoms with Gasteiger partial charge in [0, 0.05) is 0 Å². The average molecular weight is 242 g/mol. The minimum absolute atomic E-state index is 0.172. The van der Waals surface area contributed by atoms with Crippen LogP contribution in [0.5, 0.6) is 11.5 Å². The smallest absolute Gasteiger partial charge is 0.160 e. The predicted octanol–water partition coefficient (Wildman–Crippen LogP) is -0.307. The minimum Gasteiger partial charge on any atom is -0.504 e. The molecule has 1 aromatic rings. The Labute approximate surface area is 96.8 Å². The van der Waals surface area contributed by atoms with Gasteiger partial charge in [0.2, 0.25) is 0 Å². The highest BCUT2D eigenvalue weighted by Gasteiger charge is 2.00. The van der Waals surface area contributed by atoms with Crippen molar-refractivity contribution in [1.29, 1.82) is 0 Å². The molecule has 3 nitrogen and oxygen atoms in total. The van der Waals surface area contributed by atoms with Gasteiger partial charge in [-0.25, -0.2) is 0 Å². The van der Waals surface area contributed by atoms with Crippen molar-refractivity contribution in [1.82, 2.24) is 0 Å². The Hall–Kier alpha value is -1.05. The van der Waals surface area contributed by atoms with Gasteiger partial charge in [0.15, 0.2) is 11.5 Å². The molecule has 0 amide bonds. The van der Waals surface area contributed by atoms with Crippen molar-refractivity contribution in [3.8, 4) is 11.5 Å². The Morgan fingerprint density at radius 3 is 2.53 bits per heavy atom. The minimum atomic E-state index is 0.172. The summed E-state index contributed by atoms with van der Waals surface area (Å²) in [6.45, 7) is 3.63. The summed E-state index contributed by atoms with van der Waals surface area (Å²) in [5, 5.41) is 9.25. The highest BCUT2D eigenvalue weighted by atomic mass is 28.3. The van der Waals surface area contributed by atoms with E-state index < -0.39 is 0 Å². The van der Waals surface area contributed by atoms with E-state index in [9.17, 15) is 5.11 Å². The van der Waals surface area contributed by atoms with Crippen LogP contribution in [0.3, 0.4) is 0 Å². The fourth-order valence-corrected chi connectivity index (χ4v) is 1.02. The molecule has 5 heteroatoms. The van der Waals surface area contributed by atoms with Crippen LogP contribution in [0.1, 0.15) is 5.56 Å². The second-order valence-corrected chi connectivity index (χ2v) is 6.17. The molecule has 0 bridgehead atoms. The number of phenolic OH excluding ortho intramolecular Hbond substituents is 1. The zero-order valence-electron chi connectivity index (χ0n) is 9.49. The van der Waals surface area contributed by atoms with Gasteiger partial charge in [-0.2, -0.15) is 0 Å². The van der Waals surface area contributed by atoms with Crippen LogP contribution in [-0.4, -0.2) is 33.2 Å². The van der Waals surface area contributed by atoms with Crippen LogP contribution in [-0.2, 0) is 10.5 Å². The second kappa shape index (κ2) is 8.28. The molecule has 15 heavy (non-hydrogen) atoms. The molecule has 1 N–H and O–H groups in total. The van der Waals surface area contributed by atoms with E-state index in [1.54, 1.807) is 12.1 Å². The third-order valence-corrected chi connectivity index (χ3v) is 1.62. The summed E-state index contributed by atoms with van der Waals surface area (Å²) in [4.78, 5) is 0. The zero-order chi connectivity index (χ0) is 11.7. The maximum absolute atomic E-state index is 9.25. The van der Waals surface area contributed by atoms with E-state index in [-0.39, 0.29) is 5.75 Å². The van der Waals surface area contributed by atoms with Gasteiger partial charge in [-0.3, -0.25) is 0 Å². The van der Waals surface area contributed by atoms with Crippen molar-refractivity contribution in [3.63, 3.8) is 0 Å². The zero-order valence-corrected chi connectivity index (χ0v) is 13.5. The molecule has 0 saturated heterocycles. The molecule has 84 valence electrons. The summed E-state index contributed by atoms with van der Waals surface area (Å²) >= 11 is 0. The highest BCUT2D eigenvalue weighted by molar-refractivity contribution is 6.15. The molecule has 0 aliphatic rings. The molecule has 0 unspecified atom stereocenters. The number of ether oxygens (including phenoxy) is 1. The number of methoxy groups -OCH3 is 1. The Morgan fingerprint density at radius 2 is 2.07 bits per heavy atom. The number of hydrogen-bond acceptors (Lipinski definition) is 3. The Morgan fingerprint density at radius 1 is 1.47 bits per heavy atom. The van der Waals surface area contributed by atoms with Crippen molar-refractivity contribution in [3.05, 3.63) is 36.4 Å². The molecule has 0 heterocycles. The topological polar surface area (TPSA) is 38.7 Å². The molecule has 0 aromatic heterocycles. The quantitative estimate of drug-likeness (QED) is 0.584. The SMILES string of the molecule is C=CCc1ccc(O)c(OC)c1.[SiH3]O[SiH3]. The molecule has 1 rings (SSSR count). The fourth-order valence-electron chi connectivity index (χ4n) is 1.02. The molecule has 0 aliphatic carbocycles. The summed E-state index contributed by atoms with van der Waals surface area (Å²) < 4.78 is 9.48. The van der Waals surface area contributed by atoms with Crippen molar-refractivity contribution < 1.29 is 14.0 Å². The number of aromatic hydroxyl groups is 1. The average Bonchev–Trinajstić information content (AvgIpc) is 2.22. The van der Waals surface area contributed by atoms with Crippen LogP contribution >= 0.6 is 0 Å². The molecule has 0 spiro atoms. The van der Waals surface area contributed by atoms with Gasteiger partial charge < -0.3 is 14.0 Å². The highest BCUT2D eigenvalue weighted by Crippen LogP contribution is 2.26. The van der Waals surface area contributed by atoms with E-state index in [1.807, 2.05) is 12.1 Å². The van der Waals surface area contributed by atoms with Crippen LogP contribution in [0.25, 0.3) is 0 Å². The monoisotopic (exact) mass is 242 g/mol. The third-order valence-electron chi connectivity index (χ3n) is 1.62. The molecule has 0 saturated carbocycles. The van der Waals surface area contributed by atoms with Crippen molar-refractivity contribution in [2.75, 3.05) is 7.11 Å². The lowest BCUT2D eigenvalue weighted by Crippen LogP contribution is -1.86. The first-order valence-corrected chi connectivity index (χ1v) is 6.19. The van der Waals surface area contributed by atoms with Gasteiger partial charge in [-0.1, -0.05) is 12.1 Å². The van der Waals surface area contributed by atoms with Crippen LogP contribution in [0, 0.1) is 0 Å². The van der Waals surface area contributed by atoms with E-state index in [0.29, 0.717) is 5.75 Å². The molecular weight excluding hydrogens is 224 g/mol. The van der Waals surface area contributed by atoms with Gasteiger partial charge in [0.25, 0.3) is 0 Å². The van der Waals surface area contributed by atoms with Crippen molar-refractivity contribution in [2.24, 2.45) is 0 Å². The van der Waals surface area contributed by atoms with Gasteiger partial charge in [-0.15, -0.1) is 6.58 Å². The van der Waals surface area contributed by atoms with Crippen LogP contribution in [0.4, 0.5) is 0 Å². The molecular formula is C10H18O3Si2. The Kier molecular flexibility index (Phi) is 7.70. The van der Waals surface area contributed by atoms with Crippen LogP contribution in [0.2, 0.25) is 0 Å². The van der Waals surface area contributed by atoms with E-state index in [0.717, 1.165) is 33.0 Å². The number of phenols is 1. The Balaban J connectivity index is 0.000000583. The number of benzene rings is 1. The van der Waals surface area contributed by atoms with Crippen LogP contribution in [0.15, 0.2) is 30.9 Å². The van der Waals surface area contributed by atoms with Gasteiger partial charge >= 0.3 is 0 Å². The predicted molar refractivity (Wildman–Crippen MR) is 69.5 cm³/mol. The summed E-state index contributed by atoms with van der Waals surface area (Å²) in [7, 11) is 3.40. The van der Waals surface area contributed by atoms with Gasteiger partial charge in [0.05, 0.1) is 7.11 Å². The maximum Gasteiger partial charge on any atom is 0.160 e. The molecule has 0 radical (unpaired) electrons. The lowest BCUT2D eigenvalue weighted by Gasteiger charge is -2.04. The summed E-state index contributed by atoms with van der Waals surface area (Å²) in [5.41, 5.74) is 1.08. The molecule has 0 aliphatic heterocycles. The first kappa shape index (κ1) is 14.0. The first-order chi connectivity index (χ1) is 7.19. The van der Waals surface area contributed by atoms with Gasteiger partial charge in [0.1, 0.15) is 21.0 Å². The lowest BCUT2D eigenvalue weighted by molar-refractivity contribution is 0.373. The van der Waals surface area contributed by atoms with E-state index in [1.165, 1.54) is 7.11 Å². The maximum atomic E-state index is 9.25. The molecule has 1 aromatic carbocycles. The van der Waals surface area contributed by atoms with E-state index >= 15 is 0 Å². The largest absolute Gasteiger partial charge is 0.504 e. The molecule has 0 atom stereocenters. The van der Waals surface area contributed by atoms with E-state index in [4.69, 9.17) is 4.74 Å². The Bertz CT molecular complexity index is 303. The normalized spacial score (nSPS) is 9.13. The number of hydrogen-bond donors (Lipinski definition) is 1. The fraction of sp³-hybridized carbons (Fsp3) is 0.200. The lowest BCUT2D eigenvalue weighted by atomic mass is 10.1. The third kappa shape index (κ3) is 5.41. The number of rotatable bonds is 3. The molecule has 0 fully saturated rings. The standard InChI is InChI=1S/C10H12O2.H6OSi2/c1-3-4-8-5-6-9(11)10(7-8)12-2;2-1-3/h3,5-7,11H,1,4H2,2H3;2-3H3. The summed E-state index contributed by atoms with van der Waals surface area (Å²) in [6, 6.07) is 5.27. The first-order valence-electron chi connectivity index (χ1n) is 4.56. The van der Waals surface area contributed by atoms with Crippen molar-refractivity contribution in [2.45, 2.75) is 6.42 Å².